The van der Waals surface area contributed by atoms with Crippen LogP contribution in [0.2, 0.25) is 0 Å². The lowest BCUT2D eigenvalue weighted by Gasteiger charge is -2.21. The highest BCUT2D eigenvalue weighted by atomic mass is 32.2. The summed E-state index contributed by atoms with van der Waals surface area (Å²) < 4.78 is 27.6. The summed E-state index contributed by atoms with van der Waals surface area (Å²) in [5, 5.41) is 2.90. The van der Waals surface area contributed by atoms with Crippen LogP contribution in [-0.2, 0) is 14.8 Å². The van der Waals surface area contributed by atoms with Crippen LogP contribution in [-0.4, -0.2) is 63.3 Å². The number of hydrogen-bond donors (Lipinski definition) is 2. The minimum atomic E-state index is -3.57. The number of nitrogens with zero attached hydrogens (tertiary/aromatic N) is 2. The first-order valence-electron chi connectivity index (χ1n) is 9.71. The molecule has 1 aromatic carbocycles. The van der Waals surface area contributed by atoms with Gasteiger partial charge in [-0.2, -0.15) is 4.31 Å². The van der Waals surface area contributed by atoms with Crippen molar-refractivity contribution in [1.82, 2.24) is 9.21 Å². The third-order valence-corrected chi connectivity index (χ3v) is 7.61. The minimum absolute atomic E-state index is 0.0612. The summed E-state index contributed by atoms with van der Waals surface area (Å²) in [7, 11) is -1.56. The van der Waals surface area contributed by atoms with Gasteiger partial charge in [0.15, 0.2) is 0 Å². The molecule has 2 atom stereocenters. The molecule has 2 fully saturated rings. The van der Waals surface area contributed by atoms with Crippen molar-refractivity contribution in [2.45, 2.75) is 30.6 Å². The van der Waals surface area contributed by atoms with Crippen LogP contribution in [0.5, 0.6) is 0 Å². The van der Waals surface area contributed by atoms with E-state index in [4.69, 9.17) is 5.73 Å². The number of anilines is 1. The van der Waals surface area contributed by atoms with Crippen molar-refractivity contribution in [2.24, 2.45) is 17.6 Å². The summed E-state index contributed by atoms with van der Waals surface area (Å²) in [6, 6.07) is 6.58. The maximum Gasteiger partial charge on any atom is 0.243 e. The molecule has 2 aliphatic rings. The van der Waals surface area contributed by atoms with E-state index in [-0.39, 0.29) is 22.6 Å². The van der Waals surface area contributed by atoms with Gasteiger partial charge in [-0.3, -0.25) is 4.79 Å². The summed E-state index contributed by atoms with van der Waals surface area (Å²) in [5.41, 5.74) is 6.30. The van der Waals surface area contributed by atoms with Crippen molar-refractivity contribution in [3.8, 4) is 0 Å². The molecule has 1 aromatic rings. The second-order valence-corrected chi connectivity index (χ2v) is 9.55. The summed E-state index contributed by atoms with van der Waals surface area (Å²) >= 11 is 0. The summed E-state index contributed by atoms with van der Waals surface area (Å²) in [6.45, 7) is 3.12. The predicted octanol–water partition coefficient (Wildman–Crippen LogP) is 1.33. The van der Waals surface area contributed by atoms with Crippen LogP contribution in [0.3, 0.4) is 0 Å². The lowest BCUT2D eigenvalue weighted by Crippen LogP contribution is -2.34. The number of benzene rings is 1. The molecule has 0 spiro atoms. The normalized spacial score (nSPS) is 25.3. The Hall–Kier alpha value is -1.48. The number of sulfonamides is 1. The maximum atomic E-state index is 13.0. The van der Waals surface area contributed by atoms with Crippen molar-refractivity contribution < 1.29 is 13.2 Å². The molecule has 7 nitrogen and oxygen atoms in total. The average molecular weight is 395 g/mol. The fourth-order valence-electron chi connectivity index (χ4n) is 4.05. The van der Waals surface area contributed by atoms with Gasteiger partial charge < -0.3 is 16.0 Å². The Balaban J connectivity index is 1.73. The lowest BCUT2D eigenvalue weighted by molar-refractivity contribution is -0.120. The van der Waals surface area contributed by atoms with Crippen LogP contribution in [0.1, 0.15) is 25.7 Å². The van der Waals surface area contributed by atoms with Crippen molar-refractivity contribution in [3.05, 3.63) is 24.3 Å². The molecule has 0 bridgehead atoms. The van der Waals surface area contributed by atoms with E-state index in [1.54, 1.807) is 28.6 Å². The number of amides is 1. The molecule has 27 heavy (non-hydrogen) atoms. The Morgan fingerprint density at radius 2 is 2.00 bits per heavy atom. The van der Waals surface area contributed by atoms with E-state index in [9.17, 15) is 13.2 Å². The highest BCUT2D eigenvalue weighted by Gasteiger charge is 2.32. The van der Waals surface area contributed by atoms with Gasteiger partial charge in [-0.05, 0) is 63.5 Å². The fraction of sp³-hybridized carbons (Fsp3) is 0.632. The van der Waals surface area contributed by atoms with Crippen molar-refractivity contribution in [3.63, 3.8) is 0 Å². The first-order valence-corrected chi connectivity index (χ1v) is 11.2. The number of rotatable bonds is 5. The molecule has 1 aliphatic carbocycles. The molecular formula is C19H30N4O3S. The molecule has 0 radical (unpaired) electrons. The number of carbonyl (C=O) groups is 1. The number of likely N-dealkylation sites (N-methyl/N-ethyl adjacent to an activating group) is 1. The van der Waals surface area contributed by atoms with Crippen LogP contribution in [0.25, 0.3) is 0 Å². The van der Waals surface area contributed by atoms with Crippen molar-refractivity contribution in [1.29, 1.82) is 0 Å². The number of nitrogens with one attached hydrogen (secondary N) is 1. The molecule has 150 valence electrons. The SMILES string of the molecule is CN1CCCN(S(=O)(=O)c2cccc(NC(=O)[C@@H]3CCC[C@@H]3CN)c2)CC1. The first-order chi connectivity index (χ1) is 12.9. The molecule has 1 saturated heterocycles. The van der Waals surface area contributed by atoms with E-state index >= 15 is 0 Å². The van der Waals surface area contributed by atoms with Crippen LogP contribution in [0.15, 0.2) is 29.2 Å². The van der Waals surface area contributed by atoms with Gasteiger partial charge in [0, 0.05) is 31.2 Å². The number of nitrogens with two attached hydrogens (primary N) is 1. The molecule has 1 heterocycles. The van der Waals surface area contributed by atoms with Crippen LogP contribution in [0, 0.1) is 11.8 Å². The smallest absolute Gasteiger partial charge is 0.243 e. The number of hydrogen-bond acceptors (Lipinski definition) is 5. The molecule has 8 heteroatoms. The molecule has 3 N–H and O–H groups in total. The largest absolute Gasteiger partial charge is 0.330 e. The monoisotopic (exact) mass is 394 g/mol. The van der Waals surface area contributed by atoms with Gasteiger partial charge in [-0.25, -0.2) is 8.42 Å². The Labute approximate surface area is 161 Å². The summed E-state index contributed by atoms with van der Waals surface area (Å²) in [5.74, 6) is 0.0660. The van der Waals surface area contributed by atoms with E-state index in [2.05, 4.69) is 10.2 Å². The van der Waals surface area contributed by atoms with Gasteiger partial charge >= 0.3 is 0 Å². The van der Waals surface area contributed by atoms with E-state index in [0.717, 1.165) is 38.8 Å². The van der Waals surface area contributed by atoms with Gasteiger partial charge in [0.2, 0.25) is 15.9 Å². The second kappa shape index (κ2) is 8.68. The Morgan fingerprint density at radius 1 is 1.19 bits per heavy atom. The summed E-state index contributed by atoms with van der Waals surface area (Å²) in [4.78, 5) is 15.0. The Bertz CT molecular complexity index is 768. The third-order valence-electron chi connectivity index (χ3n) is 5.72. The van der Waals surface area contributed by atoms with Crippen LogP contribution in [0.4, 0.5) is 5.69 Å². The number of carbonyl (C=O) groups excluding carboxylic acids is 1. The van der Waals surface area contributed by atoms with Crippen molar-refractivity contribution >= 4 is 21.6 Å². The molecule has 3 rings (SSSR count). The van der Waals surface area contributed by atoms with Gasteiger partial charge in [0.05, 0.1) is 4.90 Å². The highest BCUT2D eigenvalue weighted by Crippen LogP contribution is 2.32. The predicted molar refractivity (Wildman–Crippen MR) is 106 cm³/mol. The maximum absolute atomic E-state index is 13.0. The van der Waals surface area contributed by atoms with Crippen LogP contribution < -0.4 is 11.1 Å². The molecule has 1 saturated carbocycles. The zero-order valence-electron chi connectivity index (χ0n) is 15.9. The van der Waals surface area contributed by atoms with Gasteiger partial charge in [0.25, 0.3) is 0 Å². The van der Waals surface area contributed by atoms with Gasteiger partial charge in [-0.15, -0.1) is 0 Å². The van der Waals surface area contributed by atoms with E-state index in [1.165, 1.54) is 0 Å². The van der Waals surface area contributed by atoms with Gasteiger partial charge in [0.1, 0.15) is 0 Å². The Kier molecular flexibility index (Phi) is 6.52. The van der Waals surface area contributed by atoms with E-state index in [1.807, 2.05) is 7.05 Å². The second-order valence-electron chi connectivity index (χ2n) is 7.61. The minimum Gasteiger partial charge on any atom is -0.330 e. The third kappa shape index (κ3) is 4.68. The summed E-state index contributed by atoms with van der Waals surface area (Å²) in [6.07, 6.45) is 3.64. The lowest BCUT2D eigenvalue weighted by atomic mass is 9.95. The molecule has 0 aromatic heterocycles. The average Bonchev–Trinajstić information content (AvgIpc) is 3.02. The highest BCUT2D eigenvalue weighted by molar-refractivity contribution is 7.89. The zero-order valence-corrected chi connectivity index (χ0v) is 16.7. The first kappa shape index (κ1) is 20.3. The topological polar surface area (TPSA) is 95.7 Å². The zero-order chi connectivity index (χ0) is 19.4. The molecule has 1 aliphatic heterocycles. The Morgan fingerprint density at radius 3 is 2.78 bits per heavy atom. The standard InChI is InChI=1S/C19H30N4O3S/c1-22-9-4-10-23(12-11-22)27(25,26)17-7-3-6-16(13-17)21-19(24)18-8-2-5-15(18)14-20/h3,6-7,13,15,18H,2,4-5,8-12,14,20H2,1H3,(H,21,24)/t15-,18-/m1/s1. The van der Waals surface area contributed by atoms with Crippen molar-refractivity contribution in [2.75, 3.05) is 45.1 Å². The fourth-order valence-corrected chi connectivity index (χ4v) is 5.56. The van der Waals surface area contributed by atoms with E-state index < -0.39 is 10.0 Å². The van der Waals surface area contributed by atoms with Crippen LogP contribution >= 0.6 is 0 Å². The van der Waals surface area contributed by atoms with E-state index in [0.29, 0.717) is 25.3 Å². The molecule has 0 unspecified atom stereocenters. The quantitative estimate of drug-likeness (QED) is 0.785. The molecule has 1 amide bonds. The molecular weight excluding hydrogens is 364 g/mol. The van der Waals surface area contributed by atoms with Gasteiger partial charge in [-0.1, -0.05) is 12.5 Å².